The minimum atomic E-state index is -2.78. The number of halogens is 2. The third kappa shape index (κ3) is 12.1. The van der Waals surface area contributed by atoms with Crippen molar-refractivity contribution < 1.29 is 42.2 Å². The fourth-order valence-corrected chi connectivity index (χ4v) is 9.86. The number of hydrogen-bond donors (Lipinski definition) is 2. The molecule has 3 amide bonds. The predicted molar refractivity (Wildman–Crippen MR) is 262 cm³/mol. The Morgan fingerprint density at radius 1 is 1.07 bits per heavy atom. The lowest BCUT2D eigenvalue weighted by molar-refractivity contribution is -0.155. The summed E-state index contributed by atoms with van der Waals surface area (Å²) in [5.41, 5.74) is 8.74. The number of hydrogen-bond acceptors (Lipinski definition) is 10. The van der Waals surface area contributed by atoms with Gasteiger partial charge in [-0.15, -0.1) is 0 Å². The molecule has 7 rings (SSSR count). The molecule has 69 heavy (non-hydrogen) atoms. The zero-order valence-electron chi connectivity index (χ0n) is 41.5. The van der Waals surface area contributed by atoms with Crippen LogP contribution in [-0.2, 0) is 52.8 Å². The second kappa shape index (κ2) is 22.7. The van der Waals surface area contributed by atoms with Gasteiger partial charge in [0.15, 0.2) is 0 Å². The van der Waals surface area contributed by atoms with E-state index in [0.717, 1.165) is 51.7 Å². The Balaban J connectivity index is 0.000000626. The zero-order valence-corrected chi connectivity index (χ0v) is 41.5. The van der Waals surface area contributed by atoms with Gasteiger partial charge >= 0.3 is 5.97 Å². The number of aldehydes is 1. The van der Waals surface area contributed by atoms with Crippen molar-refractivity contribution in [3.05, 3.63) is 89.8 Å². The molecule has 0 radical (unpaired) electrons. The standard InChI is InChI=1S/C45H58F2N6O5.C8H11NO2/c1-10-52-37-16-15-29-23-33(37)34(40(52)32-13-11-17-48-38(32)27(4)57-9)24-45(5,6)25-58-44(56)35-14-12-18-53(50-35)43(55)36(49-42(54)39(26(2)3)51(7)8)21-28-19-30(29)22-31(20-28)41(46)47;1-2-8(11)9-4-3-7(5-9)6-10/h11,13,15-17,19-20,22-23,26-27,35-36,39,41,50H,10,12,14,18,21,24-25H2,1-9H3,(H,49,54);2,6-7H,1,3-5H2/t27?,35-,36?,39?;/m0./s1. The number of nitrogens with one attached hydrogen (secondary N) is 2. The molecule has 2 N–H and O–H groups in total. The van der Waals surface area contributed by atoms with E-state index < -0.39 is 41.8 Å². The molecule has 2 fully saturated rings. The van der Waals surface area contributed by atoms with Gasteiger partial charge in [0.05, 0.1) is 30.1 Å². The second-order valence-electron chi connectivity index (χ2n) is 19.7. The highest BCUT2D eigenvalue weighted by Gasteiger charge is 2.37. The van der Waals surface area contributed by atoms with Crippen LogP contribution in [0, 0.1) is 17.3 Å². The number of fused-ring (bicyclic) bond motifs is 6. The lowest BCUT2D eigenvalue weighted by Crippen LogP contribution is -2.61. The van der Waals surface area contributed by atoms with Crippen molar-refractivity contribution in [2.45, 2.75) is 111 Å². The van der Waals surface area contributed by atoms with Gasteiger partial charge in [-0.2, -0.15) is 0 Å². The molecule has 5 heterocycles. The normalized spacial score (nSPS) is 20.5. The number of aryl methyl sites for hydroxylation is 1. The zero-order chi connectivity index (χ0) is 50.3. The van der Waals surface area contributed by atoms with Gasteiger partial charge in [0.2, 0.25) is 11.8 Å². The number of likely N-dealkylation sites (N-methyl/N-ethyl adjacent to an activating group) is 1. The molecular weight excluding hydrogens is 885 g/mol. The van der Waals surface area contributed by atoms with Crippen molar-refractivity contribution in [2.24, 2.45) is 17.3 Å². The first-order chi connectivity index (χ1) is 32.8. The van der Waals surface area contributed by atoms with Crippen LogP contribution < -0.4 is 10.7 Å². The highest BCUT2D eigenvalue weighted by atomic mass is 19.3. The molecule has 4 aromatic rings. The van der Waals surface area contributed by atoms with Crippen molar-refractivity contribution in [3.8, 4) is 22.4 Å². The summed E-state index contributed by atoms with van der Waals surface area (Å²) in [5.74, 6) is -1.41. The van der Waals surface area contributed by atoms with E-state index in [-0.39, 0.29) is 48.3 Å². The highest BCUT2D eigenvalue weighted by molar-refractivity contribution is 5.96. The van der Waals surface area contributed by atoms with Crippen LogP contribution in [0.15, 0.2) is 67.4 Å². The van der Waals surface area contributed by atoms with Crippen LogP contribution in [0.5, 0.6) is 0 Å². The maximum atomic E-state index is 14.7. The van der Waals surface area contributed by atoms with Crippen molar-refractivity contribution in [2.75, 3.05) is 47.4 Å². The maximum Gasteiger partial charge on any atom is 0.324 e. The molecule has 372 valence electrons. The number of hydrazine groups is 1. The minimum absolute atomic E-state index is 0.0406. The Kier molecular flexibility index (Phi) is 17.3. The summed E-state index contributed by atoms with van der Waals surface area (Å²) in [6, 6.07) is 12.2. The molecule has 14 nitrogen and oxygen atoms in total. The lowest BCUT2D eigenvalue weighted by atomic mass is 9.84. The number of cyclic esters (lactones) is 1. The van der Waals surface area contributed by atoms with Gasteiger partial charge in [-0.25, -0.2) is 14.2 Å². The first-order valence-corrected chi connectivity index (χ1v) is 23.9. The van der Waals surface area contributed by atoms with Crippen molar-refractivity contribution >= 4 is 40.9 Å². The van der Waals surface area contributed by atoms with Gasteiger partial charge in [-0.1, -0.05) is 52.5 Å². The monoisotopic (exact) mass is 954 g/mol. The molecule has 0 spiro atoms. The van der Waals surface area contributed by atoms with Crippen LogP contribution in [0.3, 0.4) is 0 Å². The van der Waals surface area contributed by atoms with Gasteiger partial charge in [-0.05, 0) is 118 Å². The van der Waals surface area contributed by atoms with E-state index in [1.807, 2.05) is 57.2 Å². The van der Waals surface area contributed by atoms with Crippen LogP contribution in [0.1, 0.15) is 95.7 Å². The Hall–Kier alpha value is -5.84. The molecule has 2 aromatic heterocycles. The summed E-state index contributed by atoms with van der Waals surface area (Å²) in [7, 11) is 5.25. The van der Waals surface area contributed by atoms with E-state index in [9.17, 15) is 32.8 Å². The molecule has 3 aliphatic rings. The van der Waals surface area contributed by atoms with Gasteiger partial charge < -0.3 is 29.1 Å². The van der Waals surface area contributed by atoms with Gasteiger partial charge in [0.1, 0.15) is 18.4 Å². The number of aromatic nitrogens is 2. The van der Waals surface area contributed by atoms with E-state index in [2.05, 4.69) is 42.7 Å². The number of esters is 1. The molecule has 2 saturated heterocycles. The fraction of sp³-hybridized carbons (Fsp3) is 0.509. The topological polar surface area (TPSA) is 155 Å². The van der Waals surface area contributed by atoms with Crippen LogP contribution in [0.2, 0.25) is 0 Å². The summed E-state index contributed by atoms with van der Waals surface area (Å²) in [5, 5.41) is 5.28. The number of rotatable bonds is 11. The maximum absolute atomic E-state index is 14.7. The fourth-order valence-electron chi connectivity index (χ4n) is 9.86. The predicted octanol–water partition coefficient (Wildman–Crippen LogP) is 7.49. The largest absolute Gasteiger partial charge is 0.464 e. The van der Waals surface area contributed by atoms with Crippen LogP contribution in [0.25, 0.3) is 33.3 Å². The van der Waals surface area contributed by atoms with E-state index >= 15 is 0 Å². The Labute approximate surface area is 404 Å². The Morgan fingerprint density at radius 2 is 1.83 bits per heavy atom. The first kappa shape index (κ1) is 52.5. The molecule has 6 bridgehead atoms. The van der Waals surface area contributed by atoms with Crippen LogP contribution in [0.4, 0.5) is 8.78 Å². The SMILES string of the molecule is C=CC(=O)N1CCC(C=O)C1.CCn1c(-c2cccnc2C(C)OC)c2c3cc(ccc31)-c1cc(cc(C(F)F)c1)CC(NC(=O)C(C(C)C)N(C)C)C(=O)N1CCC[C@H](N1)C(=O)OCC(C)(C)C2. The number of amides is 3. The number of carbonyl (C=O) groups is 5. The van der Waals surface area contributed by atoms with Gasteiger partial charge in [0, 0.05) is 79.3 Å². The summed E-state index contributed by atoms with van der Waals surface area (Å²) in [4.78, 5) is 71.5. The van der Waals surface area contributed by atoms with Crippen LogP contribution in [-0.4, -0.2) is 120 Å². The third-order valence-electron chi connectivity index (χ3n) is 13.3. The highest BCUT2D eigenvalue weighted by Crippen LogP contribution is 2.42. The molecule has 3 aliphatic heterocycles. The van der Waals surface area contributed by atoms with E-state index in [4.69, 9.17) is 14.5 Å². The van der Waals surface area contributed by atoms with Crippen molar-refractivity contribution in [3.63, 3.8) is 0 Å². The number of benzene rings is 2. The second-order valence-corrected chi connectivity index (χ2v) is 19.7. The lowest BCUT2D eigenvalue weighted by Gasteiger charge is -2.36. The average molecular weight is 954 g/mol. The van der Waals surface area contributed by atoms with Crippen molar-refractivity contribution in [1.82, 2.24) is 35.1 Å². The summed E-state index contributed by atoms with van der Waals surface area (Å²) < 4.78 is 43.6. The van der Waals surface area contributed by atoms with E-state index in [1.165, 1.54) is 23.2 Å². The number of pyridine rings is 1. The smallest absolute Gasteiger partial charge is 0.324 e. The first-order valence-electron chi connectivity index (χ1n) is 23.9. The molecule has 5 atom stereocenters. The van der Waals surface area contributed by atoms with Crippen LogP contribution >= 0.6 is 0 Å². The summed E-state index contributed by atoms with van der Waals surface area (Å²) >= 11 is 0. The number of ether oxygens (including phenoxy) is 2. The number of methoxy groups -OCH3 is 1. The van der Waals surface area contributed by atoms with Gasteiger partial charge in [-0.3, -0.25) is 34.1 Å². The number of likely N-dealkylation sites (tertiary alicyclic amines) is 1. The molecule has 4 unspecified atom stereocenters. The number of alkyl halides is 2. The number of nitrogens with zero attached hydrogens (tertiary/aromatic N) is 5. The van der Waals surface area contributed by atoms with E-state index in [0.29, 0.717) is 56.6 Å². The van der Waals surface area contributed by atoms with Gasteiger partial charge in [0.25, 0.3) is 12.3 Å². The summed E-state index contributed by atoms with van der Waals surface area (Å²) in [6.45, 7) is 17.7. The average Bonchev–Trinajstić information content (AvgIpc) is 3.94. The minimum Gasteiger partial charge on any atom is -0.464 e. The molecule has 16 heteroatoms. The number of carbonyl (C=O) groups excluding carboxylic acids is 5. The quantitative estimate of drug-likeness (QED) is 0.0878. The molecule has 0 saturated carbocycles. The molecular formula is C53H69F2N7O7. The molecule has 0 aliphatic carbocycles. The Bertz CT molecular complexity index is 2510. The van der Waals surface area contributed by atoms with E-state index in [1.54, 1.807) is 37.2 Å². The van der Waals surface area contributed by atoms with Crippen molar-refractivity contribution in [1.29, 1.82) is 0 Å². The Morgan fingerprint density at radius 3 is 2.46 bits per heavy atom. The summed E-state index contributed by atoms with van der Waals surface area (Å²) in [6.07, 6.45) is 3.10. The molecule has 2 aromatic carbocycles. The third-order valence-corrected chi connectivity index (χ3v) is 13.3.